The van der Waals surface area contributed by atoms with Crippen LogP contribution in [0.3, 0.4) is 0 Å². The molecule has 1 aromatic carbocycles. The van der Waals surface area contributed by atoms with Gasteiger partial charge in [-0.2, -0.15) is 0 Å². The highest BCUT2D eigenvalue weighted by molar-refractivity contribution is 5.87. The second-order valence-corrected chi connectivity index (χ2v) is 4.86. The number of carbonyl (C=O) groups excluding carboxylic acids is 1. The van der Waals surface area contributed by atoms with Crippen molar-refractivity contribution in [1.82, 2.24) is 0 Å². The molecular formula is C17H24O6. The van der Waals surface area contributed by atoms with Crippen molar-refractivity contribution in [1.29, 1.82) is 0 Å². The van der Waals surface area contributed by atoms with Crippen molar-refractivity contribution in [3.8, 4) is 5.75 Å². The van der Waals surface area contributed by atoms with E-state index in [1.807, 2.05) is 0 Å². The standard InChI is InChI=1S/C17H24O6/c1-4-22-17(20)12(2)11-15(21-3)16(19)13-5-7-14(8-6-13)23-10-9-18/h5-8,11,15-16,18-19H,4,9-10H2,1-3H3/b12-11+/t15-,16-/m1/s1. The Kier molecular flexibility index (Phi) is 8.32. The zero-order valence-corrected chi connectivity index (χ0v) is 13.7. The number of hydrogen-bond acceptors (Lipinski definition) is 6. The molecule has 0 saturated carbocycles. The van der Waals surface area contributed by atoms with Gasteiger partial charge in [-0.05, 0) is 37.6 Å². The van der Waals surface area contributed by atoms with E-state index in [2.05, 4.69) is 0 Å². The van der Waals surface area contributed by atoms with Crippen LogP contribution in [-0.2, 0) is 14.3 Å². The number of ether oxygens (including phenoxy) is 3. The van der Waals surface area contributed by atoms with Crippen molar-refractivity contribution in [3.05, 3.63) is 41.5 Å². The molecule has 6 heteroatoms. The molecule has 0 unspecified atom stereocenters. The molecule has 128 valence electrons. The average molecular weight is 324 g/mol. The van der Waals surface area contributed by atoms with Gasteiger partial charge in [-0.15, -0.1) is 0 Å². The molecule has 0 aliphatic heterocycles. The number of methoxy groups -OCH3 is 1. The van der Waals surface area contributed by atoms with Gasteiger partial charge >= 0.3 is 5.97 Å². The lowest BCUT2D eigenvalue weighted by Crippen LogP contribution is -2.20. The molecule has 0 amide bonds. The van der Waals surface area contributed by atoms with Crippen molar-refractivity contribution >= 4 is 5.97 Å². The van der Waals surface area contributed by atoms with Crippen LogP contribution in [0.25, 0.3) is 0 Å². The fourth-order valence-corrected chi connectivity index (χ4v) is 1.96. The highest BCUT2D eigenvalue weighted by atomic mass is 16.5. The van der Waals surface area contributed by atoms with Gasteiger partial charge < -0.3 is 24.4 Å². The normalized spacial score (nSPS) is 14.2. The lowest BCUT2D eigenvalue weighted by molar-refractivity contribution is -0.138. The average Bonchev–Trinajstić information content (AvgIpc) is 2.57. The van der Waals surface area contributed by atoms with E-state index in [1.54, 1.807) is 44.2 Å². The Bertz CT molecular complexity index is 508. The van der Waals surface area contributed by atoms with Crippen LogP contribution >= 0.6 is 0 Å². The summed E-state index contributed by atoms with van der Waals surface area (Å²) in [6.07, 6.45) is -0.0707. The molecule has 0 aliphatic rings. The SMILES string of the molecule is CCOC(=O)/C(C)=C/[C@@H](OC)[C@H](O)c1ccc(OCCO)cc1. The van der Waals surface area contributed by atoms with Crippen molar-refractivity contribution in [2.75, 3.05) is 26.9 Å². The van der Waals surface area contributed by atoms with Crippen LogP contribution in [0.5, 0.6) is 5.75 Å². The maximum atomic E-state index is 11.6. The van der Waals surface area contributed by atoms with E-state index in [9.17, 15) is 9.90 Å². The zero-order valence-electron chi connectivity index (χ0n) is 13.7. The Hall–Kier alpha value is -1.89. The quantitative estimate of drug-likeness (QED) is 0.530. The second kappa shape index (κ2) is 9.99. The Morgan fingerprint density at radius 2 is 1.96 bits per heavy atom. The van der Waals surface area contributed by atoms with Crippen LogP contribution in [0.2, 0.25) is 0 Å². The lowest BCUT2D eigenvalue weighted by atomic mass is 10.0. The summed E-state index contributed by atoms with van der Waals surface area (Å²) >= 11 is 0. The van der Waals surface area contributed by atoms with Crippen LogP contribution in [-0.4, -0.2) is 49.2 Å². The molecule has 0 bridgehead atoms. The van der Waals surface area contributed by atoms with E-state index in [0.717, 1.165) is 0 Å². The Morgan fingerprint density at radius 1 is 1.30 bits per heavy atom. The summed E-state index contributed by atoms with van der Waals surface area (Å²) in [4.78, 5) is 11.6. The Morgan fingerprint density at radius 3 is 2.48 bits per heavy atom. The molecule has 0 radical (unpaired) electrons. The Labute approximate surface area is 136 Å². The fraction of sp³-hybridized carbons (Fsp3) is 0.471. The fourth-order valence-electron chi connectivity index (χ4n) is 1.96. The van der Waals surface area contributed by atoms with E-state index < -0.39 is 18.2 Å². The molecule has 0 aliphatic carbocycles. The third-order valence-corrected chi connectivity index (χ3v) is 3.18. The maximum Gasteiger partial charge on any atom is 0.333 e. The summed E-state index contributed by atoms with van der Waals surface area (Å²) in [6.45, 7) is 3.79. The van der Waals surface area contributed by atoms with Gasteiger partial charge in [0.05, 0.1) is 13.2 Å². The molecule has 6 nitrogen and oxygen atoms in total. The minimum Gasteiger partial charge on any atom is -0.491 e. The zero-order chi connectivity index (χ0) is 17.2. The van der Waals surface area contributed by atoms with Gasteiger partial charge in [0.1, 0.15) is 24.6 Å². The van der Waals surface area contributed by atoms with E-state index in [4.69, 9.17) is 19.3 Å². The van der Waals surface area contributed by atoms with Gasteiger partial charge in [-0.3, -0.25) is 0 Å². The molecule has 23 heavy (non-hydrogen) atoms. The summed E-state index contributed by atoms with van der Waals surface area (Å²) in [5.41, 5.74) is 1.00. The van der Waals surface area contributed by atoms with Gasteiger partial charge in [-0.1, -0.05) is 12.1 Å². The molecule has 0 fully saturated rings. The van der Waals surface area contributed by atoms with E-state index in [1.165, 1.54) is 7.11 Å². The number of benzene rings is 1. The molecule has 2 N–H and O–H groups in total. The third kappa shape index (κ3) is 6.02. The molecule has 0 heterocycles. The number of esters is 1. The molecule has 0 saturated heterocycles. The first-order valence-electron chi connectivity index (χ1n) is 7.43. The topological polar surface area (TPSA) is 85.2 Å². The predicted molar refractivity (Wildman–Crippen MR) is 85.2 cm³/mol. The summed E-state index contributed by atoms with van der Waals surface area (Å²) in [7, 11) is 1.46. The van der Waals surface area contributed by atoms with E-state index in [-0.39, 0.29) is 13.2 Å². The van der Waals surface area contributed by atoms with Crippen LogP contribution in [0.1, 0.15) is 25.5 Å². The van der Waals surface area contributed by atoms with Gasteiger partial charge in [0.25, 0.3) is 0 Å². The molecule has 0 spiro atoms. The van der Waals surface area contributed by atoms with Crippen molar-refractivity contribution in [3.63, 3.8) is 0 Å². The predicted octanol–water partition coefficient (Wildman–Crippen LogP) is 1.62. The highest BCUT2D eigenvalue weighted by Gasteiger charge is 2.20. The summed E-state index contributed by atoms with van der Waals surface area (Å²) in [5.74, 6) is 0.164. The minimum atomic E-state index is -0.934. The molecule has 2 atom stereocenters. The summed E-state index contributed by atoms with van der Waals surface area (Å²) < 4.78 is 15.4. The number of rotatable bonds is 9. The summed E-state index contributed by atoms with van der Waals surface area (Å²) in [6, 6.07) is 6.81. The first-order valence-corrected chi connectivity index (χ1v) is 7.43. The highest BCUT2D eigenvalue weighted by Crippen LogP contribution is 2.23. The van der Waals surface area contributed by atoms with Crippen molar-refractivity contribution in [2.45, 2.75) is 26.1 Å². The summed E-state index contributed by atoms with van der Waals surface area (Å²) in [5, 5.41) is 19.1. The molecular weight excluding hydrogens is 300 g/mol. The van der Waals surface area contributed by atoms with Gasteiger partial charge in [0, 0.05) is 12.7 Å². The van der Waals surface area contributed by atoms with Crippen LogP contribution < -0.4 is 4.74 Å². The number of carbonyl (C=O) groups is 1. The first kappa shape index (κ1) is 19.2. The largest absolute Gasteiger partial charge is 0.491 e. The van der Waals surface area contributed by atoms with E-state index in [0.29, 0.717) is 23.5 Å². The van der Waals surface area contributed by atoms with Crippen LogP contribution in [0.15, 0.2) is 35.9 Å². The van der Waals surface area contributed by atoms with Gasteiger partial charge in [-0.25, -0.2) is 4.79 Å². The number of hydrogen-bond donors (Lipinski definition) is 2. The smallest absolute Gasteiger partial charge is 0.333 e. The minimum absolute atomic E-state index is 0.0615. The first-order chi connectivity index (χ1) is 11.0. The number of aliphatic hydroxyl groups excluding tert-OH is 2. The Balaban J connectivity index is 2.81. The lowest BCUT2D eigenvalue weighted by Gasteiger charge is -2.20. The van der Waals surface area contributed by atoms with Gasteiger partial charge in [0.15, 0.2) is 0 Å². The van der Waals surface area contributed by atoms with E-state index >= 15 is 0 Å². The van der Waals surface area contributed by atoms with Crippen LogP contribution in [0, 0.1) is 0 Å². The second-order valence-electron chi connectivity index (χ2n) is 4.86. The van der Waals surface area contributed by atoms with Crippen LogP contribution in [0.4, 0.5) is 0 Å². The molecule has 1 rings (SSSR count). The monoisotopic (exact) mass is 324 g/mol. The number of aliphatic hydroxyl groups is 2. The molecule has 0 aromatic heterocycles. The van der Waals surface area contributed by atoms with Crippen molar-refractivity contribution in [2.24, 2.45) is 0 Å². The van der Waals surface area contributed by atoms with Gasteiger partial charge in [0.2, 0.25) is 0 Å². The third-order valence-electron chi connectivity index (χ3n) is 3.18. The maximum absolute atomic E-state index is 11.6. The van der Waals surface area contributed by atoms with Crippen molar-refractivity contribution < 1.29 is 29.2 Å². The molecule has 1 aromatic rings.